The van der Waals surface area contributed by atoms with Gasteiger partial charge in [-0.1, -0.05) is 32.8 Å². The summed E-state index contributed by atoms with van der Waals surface area (Å²) in [5.74, 6) is 1.10. The van der Waals surface area contributed by atoms with Gasteiger partial charge in [-0.05, 0) is 36.5 Å². The van der Waals surface area contributed by atoms with Crippen molar-refractivity contribution in [2.24, 2.45) is 11.8 Å². The summed E-state index contributed by atoms with van der Waals surface area (Å²) in [6.07, 6.45) is 3.47. The van der Waals surface area contributed by atoms with Crippen LogP contribution in [-0.4, -0.2) is 11.9 Å². The van der Waals surface area contributed by atoms with E-state index in [1.807, 2.05) is 0 Å². The van der Waals surface area contributed by atoms with Crippen molar-refractivity contribution in [2.75, 3.05) is 0 Å². The van der Waals surface area contributed by atoms with Crippen molar-refractivity contribution in [3.05, 3.63) is 35.4 Å². The summed E-state index contributed by atoms with van der Waals surface area (Å²) < 4.78 is 0. The number of amides is 1. The highest BCUT2D eigenvalue weighted by molar-refractivity contribution is 5.94. The Balaban J connectivity index is 2.06. The van der Waals surface area contributed by atoms with Crippen LogP contribution in [0.5, 0.6) is 0 Å². The largest absolute Gasteiger partial charge is 0.349 e. The molecule has 1 aliphatic rings. The molecule has 0 aromatic heterocycles. The standard InChI is InChI=1S/C16H20N2O/c1-11-5-3-8-15(12(11)2)18-16(19)14-7-4-6-13(9-14)10-17/h4,6-7,9,11-12,15H,3,5,8H2,1-2H3,(H,18,19)/t11-,12-,15-/m1/s1. The average Bonchev–Trinajstić information content (AvgIpc) is 2.44. The molecule has 0 aliphatic heterocycles. The zero-order valence-corrected chi connectivity index (χ0v) is 11.5. The molecule has 1 aromatic rings. The summed E-state index contributed by atoms with van der Waals surface area (Å²) >= 11 is 0. The lowest BCUT2D eigenvalue weighted by Gasteiger charge is -2.34. The second kappa shape index (κ2) is 5.88. The topological polar surface area (TPSA) is 52.9 Å². The van der Waals surface area contributed by atoms with Crippen molar-refractivity contribution in [3.8, 4) is 6.07 Å². The molecular weight excluding hydrogens is 236 g/mol. The molecule has 19 heavy (non-hydrogen) atoms. The first kappa shape index (κ1) is 13.6. The molecule has 0 spiro atoms. The number of hydrogen-bond donors (Lipinski definition) is 1. The molecule has 1 N–H and O–H groups in total. The molecule has 1 aromatic carbocycles. The van der Waals surface area contributed by atoms with E-state index in [0.29, 0.717) is 23.0 Å². The molecular formula is C16H20N2O. The lowest BCUT2D eigenvalue weighted by molar-refractivity contribution is 0.0891. The second-order valence-electron chi connectivity index (χ2n) is 5.54. The van der Waals surface area contributed by atoms with E-state index in [-0.39, 0.29) is 11.9 Å². The van der Waals surface area contributed by atoms with Gasteiger partial charge < -0.3 is 5.32 Å². The number of benzene rings is 1. The van der Waals surface area contributed by atoms with Gasteiger partial charge in [0.2, 0.25) is 0 Å². The van der Waals surface area contributed by atoms with Crippen molar-refractivity contribution in [1.82, 2.24) is 5.32 Å². The van der Waals surface area contributed by atoms with Crippen LogP contribution in [0.25, 0.3) is 0 Å². The lowest BCUT2D eigenvalue weighted by Crippen LogP contribution is -2.43. The van der Waals surface area contributed by atoms with E-state index in [1.165, 1.54) is 12.8 Å². The molecule has 2 rings (SSSR count). The van der Waals surface area contributed by atoms with Crippen LogP contribution in [0.2, 0.25) is 0 Å². The minimum absolute atomic E-state index is 0.0666. The van der Waals surface area contributed by atoms with Gasteiger partial charge in [0.15, 0.2) is 0 Å². The molecule has 1 fully saturated rings. The normalized spacial score (nSPS) is 26.5. The highest BCUT2D eigenvalue weighted by atomic mass is 16.1. The van der Waals surface area contributed by atoms with Gasteiger partial charge in [-0.3, -0.25) is 4.79 Å². The van der Waals surface area contributed by atoms with Gasteiger partial charge in [0, 0.05) is 11.6 Å². The van der Waals surface area contributed by atoms with Crippen LogP contribution in [0.15, 0.2) is 24.3 Å². The molecule has 0 saturated heterocycles. The molecule has 3 atom stereocenters. The first-order valence-electron chi connectivity index (χ1n) is 6.93. The smallest absolute Gasteiger partial charge is 0.251 e. The fourth-order valence-corrected chi connectivity index (χ4v) is 2.77. The van der Waals surface area contributed by atoms with Crippen molar-refractivity contribution in [1.29, 1.82) is 5.26 Å². The van der Waals surface area contributed by atoms with E-state index in [2.05, 4.69) is 25.2 Å². The number of rotatable bonds is 2. The first-order valence-corrected chi connectivity index (χ1v) is 6.93. The van der Waals surface area contributed by atoms with Gasteiger partial charge in [-0.15, -0.1) is 0 Å². The van der Waals surface area contributed by atoms with Gasteiger partial charge in [0.05, 0.1) is 11.6 Å². The maximum atomic E-state index is 12.2. The van der Waals surface area contributed by atoms with E-state index >= 15 is 0 Å². The highest BCUT2D eigenvalue weighted by Gasteiger charge is 2.28. The molecule has 0 radical (unpaired) electrons. The average molecular weight is 256 g/mol. The molecule has 1 amide bonds. The maximum Gasteiger partial charge on any atom is 0.251 e. The quantitative estimate of drug-likeness (QED) is 0.884. The number of nitrogens with one attached hydrogen (secondary N) is 1. The van der Waals surface area contributed by atoms with Crippen molar-refractivity contribution in [3.63, 3.8) is 0 Å². The van der Waals surface area contributed by atoms with Crippen LogP contribution in [0.4, 0.5) is 0 Å². The van der Waals surface area contributed by atoms with Crippen LogP contribution in [0.1, 0.15) is 49.0 Å². The summed E-state index contributed by atoms with van der Waals surface area (Å²) in [6, 6.07) is 9.18. The van der Waals surface area contributed by atoms with Gasteiger partial charge in [0.25, 0.3) is 5.91 Å². The third kappa shape index (κ3) is 3.14. The maximum absolute atomic E-state index is 12.2. The van der Waals surface area contributed by atoms with Crippen molar-refractivity contribution >= 4 is 5.91 Å². The Kier molecular flexibility index (Phi) is 4.21. The second-order valence-corrected chi connectivity index (χ2v) is 5.54. The number of nitriles is 1. The van der Waals surface area contributed by atoms with Gasteiger partial charge >= 0.3 is 0 Å². The van der Waals surface area contributed by atoms with Crippen LogP contribution in [-0.2, 0) is 0 Å². The Bertz CT molecular complexity index is 504. The predicted molar refractivity (Wildman–Crippen MR) is 74.6 cm³/mol. The zero-order valence-electron chi connectivity index (χ0n) is 11.5. The van der Waals surface area contributed by atoms with Crippen LogP contribution < -0.4 is 5.32 Å². The first-order chi connectivity index (χ1) is 9.11. The number of nitrogens with zero attached hydrogens (tertiary/aromatic N) is 1. The number of hydrogen-bond acceptors (Lipinski definition) is 2. The third-order valence-electron chi connectivity index (χ3n) is 4.28. The van der Waals surface area contributed by atoms with Crippen LogP contribution >= 0.6 is 0 Å². The van der Waals surface area contributed by atoms with Crippen LogP contribution in [0.3, 0.4) is 0 Å². The minimum Gasteiger partial charge on any atom is -0.349 e. The molecule has 1 aliphatic carbocycles. The van der Waals surface area contributed by atoms with E-state index in [1.54, 1.807) is 24.3 Å². The Labute approximate surface area is 114 Å². The Hall–Kier alpha value is -1.82. The van der Waals surface area contributed by atoms with Crippen molar-refractivity contribution in [2.45, 2.75) is 39.2 Å². The molecule has 1 saturated carbocycles. The van der Waals surface area contributed by atoms with Gasteiger partial charge in [-0.25, -0.2) is 0 Å². The zero-order chi connectivity index (χ0) is 13.8. The van der Waals surface area contributed by atoms with Gasteiger partial charge in [-0.2, -0.15) is 5.26 Å². The highest BCUT2D eigenvalue weighted by Crippen LogP contribution is 2.29. The van der Waals surface area contributed by atoms with Gasteiger partial charge in [0.1, 0.15) is 0 Å². The van der Waals surface area contributed by atoms with E-state index in [4.69, 9.17) is 5.26 Å². The Morgan fingerprint density at radius 1 is 1.37 bits per heavy atom. The summed E-state index contributed by atoms with van der Waals surface area (Å²) in [7, 11) is 0. The molecule has 3 heteroatoms. The minimum atomic E-state index is -0.0666. The predicted octanol–water partition coefficient (Wildman–Crippen LogP) is 3.11. The molecule has 3 nitrogen and oxygen atoms in total. The number of carbonyl (C=O) groups excluding carboxylic acids is 1. The molecule has 0 unspecified atom stereocenters. The fraction of sp³-hybridized carbons (Fsp3) is 0.500. The summed E-state index contributed by atoms with van der Waals surface area (Å²) in [4.78, 5) is 12.2. The Morgan fingerprint density at radius 3 is 2.89 bits per heavy atom. The lowest BCUT2D eigenvalue weighted by atomic mass is 9.78. The Morgan fingerprint density at radius 2 is 2.16 bits per heavy atom. The fourth-order valence-electron chi connectivity index (χ4n) is 2.77. The summed E-state index contributed by atoms with van der Waals surface area (Å²) in [5, 5.41) is 12.0. The van der Waals surface area contributed by atoms with Crippen molar-refractivity contribution < 1.29 is 4.79 Å². The molecule has 0 bridgehead atoms. The molecule has 100 valence electrons. The summed E-state index contributed by atoms with van der Waals surface area (Å²) in [6.45, 7) is 4.46. The number of carbonyl (C=O) groups is 1. The molecule has 0 heterocycles. The SMILES string of the molecule is C[C@@H]1[C@H](C)CCC[C@H]1NC(=O)c1cccc(C#N)c1. The summed E-state index contributed by atoms with van der Waals surface area (Å²) in [5.41, 5.74) is 1.10. The van der Waals surface area contributed by atoms with Crippen LogP contribution in [0, 0.1) is 23.2 Å². The van der Waals surface area contributed by atoms with E-state index in [0.717, 1.165) is 6.42 Å². The van der Waals surface area contributed by atoms with E-state index in [9.17, 15) is 4.79 Å². The monoisotopic (exact) mass is 256 g/mol. The van der Waals surface area contributed by atoms with E-state index < -0.39 is 0 Å². The third-order valence-corrected chi connectivity index (χ3v) is 4.28.